The highest BCUT2D eigenvalue weighted by atomic mass is 35.5. The van der Waals surface area contributed by atoms with Crippen molar-refractivity contribution in [1.29, 1.82) is 0 Å². The minimum Gasteiger partial charge on any atom is -0.435 e. The van der Waals surface area contributed by atoms with Gasteiger partial charge in [0.25, 0.3) is 0 Å². The van der Waals surface area contributed by atoms with Crippen molar-refractivity contribution < 1.29 is 43.2 Å². The molecular formula is C29H39ClO9. The molecule has 39 heavy (non-hydrogen) atoms. The molecule has 10 heteroatoms. The number of hydrogen-bond donors (Lipinski definition) is 1. The van der Waals surface area contributed by atoms with Gasteiger partial charge in [-0.3, -0.25) is 9.59 Å². The van der Waals surface area contributed by atoms with Gasteiger partial charge in [-0.05, 0) is 70.4 Å². The summed E-state index contributed by atoms with van der Waals surface area (Å²) in [6, 6.07) is 0. The zero-order valence-corrected chi connectivity index (χ0v) is 24.2. The second-order valence-electron chi connectivity index (χ2n) is 12.1. The van der Waals surface area contributed by atoms with Crippen molar-refractivity contribution >= 4 is 35.5 Å². The highest BCUT2D eigenvalue weighted by Crippen LogP contribution is 2.72. The third-order valence-corrected chi connectivity index (χ3v) is 10.7. The van der Waals surface area contributed by atoms with Crippen LogP contribution in [0.15, 0.2) is 23.8 Å². The molecular weight excluding hydrogens is 528 g/mol. The van der Waals surface area contributed by atoms with E-state index in [1.54, 1.807) is 32.9 Å². The molecule has 0 amide bonds. The first kappa shape index (κ1) is 29.6. The Morgan fingerprint density at radius 1 is 1.15 bits per heavy atom. The van der Waals surface area contributed by atoms with E-state index < -0.39 is 64.1 Å². The summed E-state index contributed by atoms with van der Waals surface area (Å²) in [7, 11) is 0. The molecule has 0 aromatic heterocycles. The molecule has 1 unspecified atom stereocenters. The fourth-order valence-corrected chi connectivity index (χ4v) is 8.66. The molecule has 0 spiro atoms. The first-order valence-electron chi connectivity index (χ1n) is 13.7. The van der Waals surface area contributed by atoms with Crippen LogP contribution in [-0.4, -0.2) is 64.9 Å². The number of rotatable bonds is 6. The molecule has 3 saturated carbocycles. The molecule has 0 bridgehead atoms. The zero-order chi connectivity index (χ0) is 29.0. The van der Waals surface area contributed by atoms with E-state index in [1.165, 1.54) is 6.08 Å². The summed E-state index contributed by atoms with van der Waals surface area (Å²) in [4.78, 5) is 49.9. The van der Waals surface area contributed by atoms with Gasteiger partial charge in [-0.25, -0.2) is 9.59 Å². The second-order valence-corrected chi connectivity index (χ2v) is 12.7. The largest absolute Gasteiger partial charge is 0.509 e. The van der Waals surface area contributed by atoms with E-state index in [1.807, 2.05) is 20.8 Å². The number of alkyl halides is 1. The summed E-state index contributed by atoms with van der Waals surface area (Å²) >= 11 is 7.49. The van der Waals surface area contributed by atoms with E-state index >= 15 is 0 Å². The second kappa shape index (κ2) is 10.2. The first-order valence-corrected chi connectivity index (χ1v) is 14.1. The summed E-state index contributed by atoms with van der Waals surface area (Å²) < 4.78 is 21.2. The number of halogens is 1. The summed E-state index contributed by atoms with van der Waals surface area (Å²) in [5.41, 5.74) is -2.67. The molecule has 0 aromatic rings. The quantitative estimate of drug-likeness (QED) is 0.352. The number of hydrogen-bond acceptors (Lipinski definition) is 9. The fourth-order valence-electron chi connectivity index (χ4n) is 8.14. The lowest BCUT2D eigenvalue weighted by molar-refractivity contribution is -0.185. The fraction of sp³-hybridized carbons (Fsp3) is 0.724. The highest BCUT2D eigenvalue weighted by molar-refractivity contribution is 6.26. The van der Waals surface area contributed by atoms with Crippen LogP contribution < -0.4 is 0 Å². The monoisotopic (exact) mass is 566 g/mol. The molecule has 0 saturated heterocycles. The van der Waals surface area contributed by atoms with Crippen molar-refractivity contribution in [3.63, 3.8) is 0 Å². The number of aliphatic hydroxyl groups is 1. The van der Waals surface area contributed by atoms with Crippen LogP contribution in [0.1, 0.15) is 67.2 Å². The van der Waals surface area contributed by atoms with E-state index in [9.17, 15) is 24.3 Å². The summed E-state index contributed by atoms with van der Waals surface area (Å²) in [6.07, 6.45) is 3.11. The number of ether oxygens (including phenoxy) is 4. The number of fused-ring (bicyclic) bond motifs is 5. The van der Waals surface area contributed by atoms with Crippen LogP contribution in [0, 0.1) is 28.6 Å². The van der Waals surface area contributed by atoms with E-state index in [0.29, 0.717) is 19.3 Å². The maximum atomic E-state index is 14.0. The molecule has 9 nitrogen and oxygen atoms in total. The Morgan fingerprint density at radius 3 is 2.49 bits per heavy atom. The smallest absolute Gasteiger partial charge is 0.435 e. The SMILES string of the molecule is CCOC(=O)O[C@]1(C(=O)COC(=O)OC(C)C)[C@H](C)C[C@H]2[C@@H]3CCC4=CC(=O)C=C[C@]4(C)[C@@]3(Cl)C(O)C[C@@]21C. The Bertz CT molecular complexity index is 1110. The van der Waals surface area contributed by atoms with Crippen LogP contribution in [0.5, 0.6) is 0 Å². The topological polar surface area (TPSA) is 125 Å². The summed E-state index contributed by atoms with van der Waals surface area (Å²) in [5, 5.41) is 11.8. The summed E-state index contributed by atoms with van der Waals surface area (Å²) in [5.74, 6) is -1.68. The third kappa shape index (κ3) is 4.31. The molecule has 4 aliphatic carbocycles. The lowest BCUT2D eigenvalue weighted by atomic mass is 9.45. The molecule has 8 atom stereocenters. The molecule has 0 aliphatic heterocycles. The predicted octanol–water partition coefficient (Wildman–Crippen LogP) is 4.92. The van der Waals surface area contributed by atoms with Crippen LogP contribution in [0.25, 0.3) is 0 Å². The van der Waals surface area contributed by atoms with Crippen LogP contribution in [0.3, 0.4) is 0 Å². The maximum absolute atomic E-state index is 14.0. The Morgan fingerprint density at radius 2 is 1.85 bits per heavy atom. The van der Waals surface area contributed by atoms with Gasteiger partial charge in [0.2, 0.25) is 5.78 Å². The van der Waals surface area contributed by atoms with E-state index in [2.05, 4.69) is 0 Å². The van der Waals surface area contributed by atoms with Gasteiger partial charge < -0.3 is 24.1 Å². The van der Waals surface area contributed by atoms with Crippen molar-refractivity contribution in [2.24, 2.45) is 28.6 Å². The van der Waals surface area contributed by atoms with Gasteiger partial charge in [0.15, 0.2) is 18.0 Å². The number of Topliss-reactive ketones (excluding diaryl/α,β-unsaturated/α-hetero) is 1. The van der Waals surface area contributed by atoms with Crippen LogP contribution in [0.2, 0.25) is 0 Å². The van der Waals surface area contributed by atoms with Gasteiger partial charge in [-0.1, -0.05) is 32.4 Å². The molecule has 0 radical (unpaired) electrons. The molecule has 0 heterocycles. The predicted molar refractivity (Wildman–Crippen MR) is 141 cm³/mol. The lowest BCUT2D eigenvalue weighted by Gasteiger charge is -2.64. The van der Waals surface area contributed by atoms with Crippen molar-refractivity contribution in [3.05, 3.63) is 23.8 Å². The summed E-state index contributed by atoms with van der Waals surface area (Å²) in [6.45, 7) is 9.94. The maximum Gasteiger partial charge on any atom is 0.509 e. The van der Waals surface area contributed by atoms with Crippen molar-refractivity contribution in [2.75, 3.05) is 13.2 Å². The van der Waals surface area contributed by atoms with Crippen molar-refractivity contribution in [2.45, 2.75) is 89.9 Å². The number of aliphatic hydroxyl groups excluding tert-OH is 1. The number of ketones is 2. The van der Waals surface area contributed by atoms with Gasteiger partial charge in [0, 0.05) is 16.7 Å². The van der Waals surface area contributed by atoms with Crippen LogP contribution >= 0.6 is 11.6 Å². The van der Waals surface area contributed by atoms with E-state index in [-0.39, 0.29) is 30.6 Å². The highest BCUT2D eigenvalue weighted by Gasteiger charge is 2.76. The normalized spacial score (nSPS) is 40.6. The average Bonchev–Trinajstić information content (AvgIpc) is 3.05. The Kier molecular flexibility index (Phi) is 7.75. The average molecular weight is 567 g/mol. The standard InChI is InChI=1S/C29H39ClO9/c1-7-36-25(35)39-29(23(33)15-37-24(34)38-16(2)3)17(4)12-21-20-9-8-18-13-19(31)10-11-26(18,5)28(20,30)22(32)14-27(21,29)6/h10-11,13,16-17,20-22,32H,7-9,12,14-15H2,1-6H3/t17-,20+,21+,22?,26+,27+,28+,29+/m1/s1. The molecule has 4 aliphatic rings. The Balaban J connectivity index is 1.76. The van der Waals surface area contributed by atoms with E-state index in [4.69, 9.17) is 30.5 Å². The zero-order valence-electron chi connectivity index (χ0n) is 23.5. The van der Waals surface area contributed by atoms with Gasteiger partial charge in [-0.2, -0.15) is 0 Å². The Labute approximate surface area is 234 Å². The van der Waals surface area contributed by atoms with Gasteiger partial charge in [-0.15, -0.1) is 11.6 Å². The minimum absolute atomic E-state index is 0.0450. The van der Waals surface area contributed by atoms with Crippen LogP contribution in [-0.2, 0) is 28.5 Å². The molecule has 0 aromatic carbocycles. The van der Waals surface area contributed by atoms with Gasteiger partial charge >= 0.3 is 12.3 Å². The third-order valence-electron chi connectivity index (χ3n) is 9.75. The first-order chi connectivity index (χ1) is 18.2. The molecule has 216 valence electrons. The minimum atomic E-state index is -1.74. The van der Waals surface area contributed by atoms with Crippen molar-refractivity contribution in [3.8, 4) is 0 Å². The van der Waals surface area contributed by atoms with Gasteiger partial charge in [0.05, 0.1) is 23.7 Å². The molecule has 4 rings (SSSR count). The molecule has 1 N–H and O–H groups in total. The lowest BCUT2D eigenvalue weighted by Crippen LogP contribution is -2.69. The number of allylic oxidation sites excluding steroid dienone is 4. The number of carbonyl (C=O) groups is 4. The van der Waals surface area contributed by atoms with E-state index in [0.717, 1.165) is 5.57 Å². The van der Waals surface area contributed by atoms with Crippen molar-refractivity contribution in [1.82, 2.24) is 0 Å². The molecule has 3 fully saturated rings. The van der Waals surface area contributed by atoms with Crippen LogP contribution in [0.4, 0.5) is 9.59 Å². The Hall–Kier alpha value is -2.39. The number of carbonyl (C=O) groups excluding carboxylic acids is 4. The van der Waals surface area contributed by atoms with Gasteiger partial charge in [0.1, 0.15) is 0 Å².